The van der Waals surface area contributed by atoms with Gasteiger partial charge in [0.15, 0.2) is 0 Å². The minimum absolute atomic E-state index is 0.0237. The lowest BCUT2D eigenvalue weighted by Crippen LogP contribution is -2.37. The summed E-state index contributed by atoms with van der Waals surface area (Å²) in [4.78, 5) is 12.6. The molecule has 100 valence electrons. The van der Waals surface area contributed by atoms with Gasteiger partial charge in [0.2, 0.25) is 5.91 Å². The van der Waals surface area contributed by atoms with E-state index in [1.807, 2.05) is 12.1 Å². The Hall–Kier alpha value is -0.690. The topological polar surface area (TPSA) is 58.6 Å². The standard InChI is InChI=1S/C12H16BrNO3S/c1-17-8-9(6-7-15)14-12(16)5-3-10-2-4-11(13)18-10/h2-5,9,15H,6-8H2,1H3,(H,14,16)/b5-3+. The zero-order chi connectivity index (χ0) is 13.4. The number of hydrogen-bond acceptors (Lipinski definition) is 4. The molecule has 0 saturated heterocycles. The fourth-order valence-corrected chi connectivity index (χ4v) is 2.71. The van der Waals surface area contributed by atoms with Gasteiger partial charge < -0.3 is 15.2 Å². The van der Waals surface area contributed by atoms with Crippen LogP contribution < -0.4 is 5.32 Å². The molecule has 0 aromatic carbocycles. The first-order valence-corrected chi connectivity index (χ1v) is 7.10. The molecule has 1 atom stereocenters. The molecule has 0 aliphatic heterocycles. The van der Waals surface area contributed by atoms with Crippen molar-refractivity contribution in [2.24, 2.45) is 0 Å². The Morgan fingerprint density at radius 2 is 2.44 bits per heavy atom. The lowest BCUT2D eigenvalue weighted by atomic mass is 10.2. The lowest BCUT2D eigenvalue weighted by molar-refractivity contribution is -0.117. The summed E-state index contributed by atoms with van der Waals surface area (Å²) in [6, 6.07) is 3.70. The van der Waals surface area contributed by atoms with Crippen molar-refractivity contribution in [2.75, 3.05) is 20.3 Å². The van der Waals surface area contributed by atoms with E-state index < -0.39 is 0 Å². The quantitative estimate of drug-likeness (QED) is 0.750. The van der Waals surface area contributed by atoms with E-state index in [1.54, 1.807) is 24.5 Å². The second-order valence-electron chi connectivity index (χ2n) is 3.65. The van der Waals surface area contributed by atoms with Crippen molar-refractivity contribution in [1.82, 2.24) is 5.32 Å². The Morgan fingerprint density at radius 3 is 3.00 bits per heavy atom. The Bertz CT molecular complexity index is 400. The Balaban J connectivity index is 2.46. The highest BCUT2D eigenvalue weighted by Crippen LogP contribution is 2.22. The van der Waals surface area contributed by atoms with Crippen LogP contribution in [0.4, 0.5) is 0 Å². The van der Waals surface area contributed by atoms with E-state index in [1.165, 1.54) is 6.08 Å². The van der Waals surface area contributed by atoms with Crippen LogP contribution in [0.2, 0.25) is 0 Å². The number of ether oxygens (including phenoxy) is 1. The maximum Gasteiger partial charge on any atom is 0.244 e. The SMILES string of the molecule is COCC(CCO)NC(=O)/C=C/c1ccc(Br)s1. The number of amides is 1. The molecule has 2 N–H and O–H groups in total. The molecule has 1 aromatic rings. The van der Waals surface area contributed by atoms with Gasteiger partial charge >= 0.3 is 0 Å². The van der Waals surface area contributed by atoms with Crippen LogP contribution in [0.15, 0.2) is 22.0 Å². The fraction of sp³-hybridized carbons (Fsp3) is 0.417. The average molecular weight is 334 g/mol. The third-order valence-corrected chi connectivity index (χ3v) is 3.77. The van der Waals surface area contributed by atoms with Crippen LogP contribution in [-0.2, 0) is 9.53 Å². The van der Waals surface area contributed by atoms with E-state index in [2.05, 4.69) is 21.2 Å². The number of aliphatic hydroxyl groups excluding tert-OH is 1. The minimum atomic E-state index is -0.185. The molecule has 0 fully saturated rings. The number of hydrogen-bond donors (Lipinski definition) is 2. The van der Waals surface area contributed by atoms with E-state index in [4.69, 9.17) is 9.84 Å². The molecule has 0 aliphatic carbocycles. The molecule has 1 heterocycles. The van der Waals surface area contributed by atoms with Gasteiger partial charge in [-0.15, -0.1) is 11.3 Å². The van der Waals surface area contributed by atoms with Gasteiger partial charge in [0, 0.05) is 24.7 Å². The molecule has 0 aliphatic rings. The third-order valence-electron chi connectivity index (χ3n) is 2.18. The molecule has 1 aromatic heterocycles. The van der Waals surface area contributed by atoms with Gasteiger partial charge in [0.05, 0.1) is 16.4 Å². The van der Waals surface area contributed by atoms with Crippen LogP contribution >= 0.6 is 27.3 Å². The van der Waals surface area contributed by atoms with E-state index in [-0.39, 0.29) is 18.6 Å². The van der Waals surface area contributed by atoms with Gasteiger partial charge in [-0.2, -0.15) is 0 Å². The average Bonchev–Trinajstić information content (AvgIpc) is 2.73. The first-order valence-electron chi connectivity index (χ1n) is 5.49. The van der Waals surface area contributed by atoms with Gasteiger partial charge in [-0.25, -0.2) is 0 Å². The number of methoxy groups -OCH3 is 1. The molecule has 4 nitrogen and oxygen atoms in total. The van der Waals surface area contributed by atoms with Crippen LogP contribution in [0.5, 0.6) is 0 Å². The largest absolute Gasteiger partial charge is 0.396 e. The Kier molecular flexibility index (Phi) is 7.19. The maximum atomic E-state index is 11.6. The predicted molar refractivity (Wildman–Crippen MR) is 76.6 cm³/mol. The summed E-state index contributed by atoms with van der Waals surface area (Å²) in [5.74, 6) is -0.185. The smallest absolute Gasteiger partial charge is 0.244 e. The molecule has 0 radical (unpaired) electrons. The molecule has 0 spiro atoms. The second-order valence-corrected chi connectivity index (χ2v) is 6.14. The van der Waals surface area contributed by atoms with E-state index in [9.17, 15) is 4.79 Å². The fourth-order valence-electron chi connectivity index (χ4n) is 1.38. The normalized spacial score (nSPS) is 12.8. The van der Waals surface area contributed by atoms with Gasteiger partial charge in [-0.05, 0) is 40.6 Å². The first kappa shape index (κ1) is 15.4. The van der Waals surface area contributed by atoms with Gasteiger partial charge in [-0.3, -0.25) is 4.79 Å². The van der Waals surface area contributed by atoms with Crippen molar-refractivity contribution < 1.29 is 14.6 Å². The first-order chi connectivity index (χ1) is 8.65. The van der Waals surface area contributed by atoms with Gasteiger partial charge in [0.25, 0.3) is 0 Å². The van der Waals surface area contributed by atoms with Crippen LogP contribution in [-0.4, -0.2) is 37.4 Å². The summed E-state index contributed by atoms with van der Waals surface area (Å²) in [6.45, 7) is 0.417. The lowest BCUT2D eigenvalue weighted by Gasteiger charge is -2.15. The summed E-state index contributed by atoms with van der Waals surface area (Å²) in [5.41, 5.74) is 0. The number of halogens is 1. The van der Waals surface area contributed by atoms with Crippen LogP contribution in [0.25, 0.3) is 6.08 Å². The van der Waals surface area contributed by atoms with Crippen LogP contribution in [0.3, 0.4) is 0 Å². The van der Waals surface area contributed by atoms with Gasteiger partial charge in [0.1, 0.15) is 0 Å². The van der Waals surface area contributed by atoms with E-state index in [0.717, 1.165) is 8.66 Å². The summed E-state index contributed by atoms with van der Waals surface area (Å²) in [5, 5.41) is 11.6. The van der Waals surface area contributed by atoms with Crippen LogP contribution in [0, 0.1) is 0 Å². The van der Waals surface area contributed by atoms with Crippen molar-refractivity contribution in [2.45, 2.75) is 12.5 Å². The zero-order valence-electron chi connectivity index (χ0n) is 10.1. The third kappa shape index (κ3) is 5.77. The van der Waals surface area contributed by atoms with Gasteiger partial charge in [-0.1, -0.05) is 0 Å². The minimum Gasteiger partial charge on any atom is -0.396 e. The van der Waals surface area contributed by atoms with Crippen molar-refractivity contribution >= 4 is 39.2 Å². The Morgan fingerprint density at radius 1 is 1.67 bits per heavy atom. The molecule has 18 heavy (non-hydrogen) atoms. The van der Waals surface area contributed by atoms with Crippen molar-refractivity contribution in [1.29, 1.82) is 0 Å². The van der Waals surface area contributed by atoms with E-state index >= 15 is 0 Å². The number of carbonyl (C=O) groups excluding carboxylic acids is 1. The molecule has 0 bridgehead atoms. The molecular weight excluding hydrogens is 318 g/mol. The Labute approximate surface area is 119 Å². The number of thiophene rings is 1. The molecule has 6 heteroatoms. The highest BCUT2D eigenvalue weighted by atomic mass is 79.9. The second kappa shape index (κ2) is 8.42. The van der Waals surface area contributed by atoms with E-state index in [0.29, 0.717) is 13.0 Å². The zero-order valence-corrected chi connectivity index (χ0v) is 12.5. The molecule has 0 saturated carbocycles. The molecule has 1 amide bonds. The number of aliphatic hydroxyl groups is 1. The molecule has 1 rings (SSSR count). The number of rotatable bonds is 7. The molecular formula is C12H16BrNO3S. The summed E-state index contributed by atoms with van der Waals surface area (Å²) in [6.07, 6.45) is 3.73. The highest BCUT2D eigenvalue weighted by molar-refractivity contribution is 9.11. The summed E-state index contributed by atoms with van der Waals surface area (Å²) >= 11 is 4.91. The predicted octanol–water partition coefficient (Wildman–Crippen LogP) is 2.04. The van der Waals surface area contributed by atoms with Crippen molar-refractivity contribution in [3.05, 3.63) is 26.9 Å². The number of nitrogens with one attached hydrogen (secondary N) is 1. The maximum absolute atomic E-state index is 11.6. The van der Waals surface area contributed by atoms with Crippen molar-refractivity contribution in [3.8, 4) is 0 Å². The monoisotopic (exact) mass is 333 g/mol. The number of carbonyl (C=O) groups is 1. The van der Waals surface area contributed by atoms with Crippen LogP contribution in [0.1, 0.15) is 11.3 Å². The summed E-state index contributed by atoms with van der Waals surface area (Å²) < 4.78 is 6.00. The molecule has 1 unspecified atom stereocenters. The highest BCUT2D eigenvalue weighted by Gasteiger charge is 2.09. The summed E-state index contributed by atoms with van der Waals surface area (Å²) in [7, 11) is 1.57. The van der Waals surface area contributed by atoms with Crippen molar-refractivity contribution in [3.63, 3.8) is 0 Å².